The maximum Gasteiger partial charge on any atom is 0.256 e. The predicted molar refractivity (Wildman–Crippen MR) is 218 cm³/mol. The SMILES string of the molecule is Cc1cc2c3c(c1)N(c1ccccc1C)c1cc4c(cc1B3c1ccc(C(C)C)cc1O2)[Si](c1ccccc1)(c1ccccc1)c1ccccc1-4. The minimum absolute atomic E-state index is 0.0306. The van der Waals surface area contributed by atoms with Crippen LogP contribution in [0.1, 0.15) is 36.5 Å². The fourth-order valence-electron chi connectivity index (χ4n) is 9.26. The molecule has 7 aromatic rings. The fraction of sp³-hybridized carbons (Fsp3) is 0.106. The first kappa shape index (κ1) is 30.3. The summed E-state index contributed by atoms with van der Waals surface area (Å²) < 4.78 is 6.93. The standard InChI is InChI=1S/C47H38BNOSi/c1-30(2)33-23-24-38-43(27-33)50-44-26-31(3)25-42-47(44)48(38)39-29-46-37(28-41(39)49(42)40-21-13-11-15-32(40)4)36-20-12-14-22-45(36)51(46,34-16-7-5-8-17-34)35-18-9-6-10-19-35/h5-30H,1-4H3. The molecule has 0 amide bonds. The average molecular weight is 672 g/mol. The van der Waals surface area contributed by atoms with E-state index in [-0.39, 0.29) is 6.71 Å². The van der Waals surface area contributed by atoms with Crippen molar-refractivity contribution in [2.45, 2.75) is 33.6 Å². The van der Waals surface area contributed by atoms with Gasteiger partial charge in [-0.1, -0.05) is 135 Å². The van der Waals surface area contributed by atoms with Crippen molar-refractivity contribution in [3.05, 3.63) is 168 Å². The molecule has 3 aliphatic rings. The van der Waals surface area contributed by atoms with Gasteiger partial charge in [-0.3, -0.25) is 0 Å². The van der Waals surface area contributed by atoms with Crippen LogP contribution in [0.3, 0.4) is 0 Å². The number of anilines is 3. The van der Waals surface area contributed by atoms with Crippen molar-refractivity contribution in [2.75, 3.05) is 4.90 Å². The Hall–Kier alpha value is -5.58. The summed E-state index contributed by atoms with van der Waals surface area (Å²) in [5.41, 5.74) is 13.9. The predicted octanol–water partition coefficient (Wildman–Crippen LogP) is 7.19. The Kier molecular flexibility index (Phi) is 6.65. The van der Waals surface area contributed by atoms with E-state index in [0.29, 0.717) is 5.92 Å². The van der Waals surface area contributed by atoms with Crippen molar-refractivity contribution >= 4 is 69.0 Å². The van der Waals surface area contributed by atoms with Gasteiger partial charge in [0.25, 0.3) is 6.71 Å². The van der Waals surface area contributed by atoms with Crippen molar-refractivity contribution in [3.8, 4) is 22.6 Å². The van der Waals surface area contributed by atoms with Crippen LogP contribution >= 0.6 is 0 Å². The quantitative estimate of drug-likeness (QED) is 0.184. The zero-order valence-electron chi connectivity index (χ0n) is 29.4. The molecule has 0 N–H and O–H groups in total. The number of fused-ring (bicyclic) bond motifs is 7. The number of para-hydroxylation sites is 1. The molecule has 2 nitrogen and oxygen atoms in total. The molecule has 0 unspecified atom stereocenters. The van der Waals surface area contributed by atoms with Crippen LogP contribution in [0.2, 0.25) is 0 Å². The molecule has 0 aromatic heterocycles. The normalized spacial score (nSPS) is 14.3. The summed E-state index contributed by atoms with van der Waals surface area (Å²) in [6, 6.07) is 57.4. The molecule has 3 heterocycles. The summed E-state index contributed by atoms with van der Waals surface area (Å²) in [5, 5.41) is 5.76. The Morgan fingerprint density at radius 2 is 1.24 bits per heavy atom. The molecule has 10 rings (SSSR count). The van der Waals surface area contributed by atoms with Crippen LogP contribution in [0.4, 0.5) is 17.1 Å². The van der Waals surface area contributed by atoms with E-state index < -0.39 is 8.07 Å². The second-order valence-corrected chi connectivity index (χ2v) is 18.5. The topological polar surface area (TPSA) is 12.5 Å². The number of aryl methyl sites for hydroxylation is 2. The van der Waals surface area contributed by atoms with Gasteiger partial charge in [-0.25, -0.2) is 0 Å². The molecule has 0 bridgehead atoms. The number of nitrogens with zero attached hydrogens (tertiary/aromatic N) is 1. The third-order valence-electron chi connectivity index (χ3n) is 11.5. The molecule has 0 spiro atoms. The van der Waals surface area contributed by atoms with Gasteiger partial charge in [0, 0.05) is 17.1 Å². The second-order valence-electron chi connectivity index (χ2n) is 14.8. The Labute approximate surface area is 302 Å². The summed E-state index contributed by atoms with van der Waals surface area (Å²) in [7, 11) is -2.70. The molecule has 0 aliphatic carbocycles. The molecule has 4 heteroatoms. The highest BCUT2D eigenvalue weighted by atomic mass is 28.3. The van der Waals surface area contributed by atoms with Gasteiger partial charge in [-0.05, 0) is 115 Å². The third kappa shape index (κ3) is 4.23. The molecule has 0 fully saturated rings. The lowest BCUT2D eigenvalue weighted by Gasteiger charge is -2.42. The monoisotopic (exact) mass is 671 g/mol. The van der Waals surface area contributed by atoms with Gasteiger partial charge in [-0.2, -0.15) is 0 Å². The number of hydrogen-bond acceptors (Lipinski definition) is 2. The number of benzene rings is 7. The number of hydrogen-bond donors (Lipinski definition) is 0. The molecule has 0 saturated heterocycles. The van der Waals surface area contributed by atoms with Gasteiger partial charge in [-0.15, -0.1) is 0 Å². The minimum Gasteiger partial charge on any atom is -0.458 e. The Balaban J connectivity index is 1.36. The summed E-state index contributed by atoms with van der Waals surface area (Å²) in [6.45, 7) is 8.97. The van der Waals surface area contributed by atoms with Crippen LogP contribution in [0.25, 0.3) is 11.1 Å². The van der Waals surface area contributed by atoms with Gasteiger partial charge < -0.3 is 9.64 Å². The Bertz CT molecular complexity index is 2490. The van der Waals surface area contributed by atoms with Gasteiger partial charge >= 0.3 is 0 Å². The average Bonchev–Trinajstić information content (AvgIpc) is 3.44. The first-order valence-corrected chi connectivity index (χ1v) is 20.2. The molecular weight excluding hydrogens is 633 g/mol. The fourth-order valence-corrected chi connectivity index (χ4v) is 14.5. The molecule has 0 saturated carbocycles. The van der Waals surface area contributed by atoms with Crippen LogP contribution in [0.5, 0.6) is 11.5 Å². The van der Waals surface area contributed by atoms with Gasteiger partial charge in [0.05, 0.1) is 0 Å². The second kappa shape index (κ2) is 11.2. The molecular formula is C47H38BNOSi. The van der Waals surface area contributed by atoms with E-state index in [4.69, 9.17) is 4.74 Å². The molecule has 7 aromatic carbocycles. The zero-order valence-corrected chi connectivity index (χ0v) is 30.4. The van der Waals surface area contributed by atoms with Gasteiger partial charge in [0.2, 0.25) is 0 Å². The molecule has 0 atom stereocenters. The highest BCUT2D eigenvalue weighted by molar-refractivity contribution is 7.22. The highest BCUT2D eigenvalue weighted by Gasteiger charge is 2.51. The van der Waals surface area contributed by atoms with Crippen LogP contribution in [-0.2, 0) is 0 Å². The molecule has 51 heavy (non-hydrogen) atoms. The van der Waals surface area contributed by atoms with E-state index in [1.807, 2.05) is 0 Å². The summed E-state index contributed by atoms with van der Waals surface area (Å²) in [4.78, 5) is 2.53. The van der Waals surface area contributed by atoms with Gasteiger partial charge in [0.15, 0.2) is 8.07 Å². The number of ether oxygens (including phenoxy) is 1. The maximum absolute atomic E-state index is 6.93. The van der Waals surface area contributed by atoms with Crippen molar-refractivity contribution in [1.29, 1.82) is 0 Å². The van der Waals surface area contributed by atoms with E-state index in [1.165, 1.54) is 82.0 Å². The Morgan fingerprint density at radius 3 is 1.96 bits per heavy atom. The first-order chi connectivity index (χ1) is 24.9. The van der Waals surface area contributed by atoms with Gasteiger partial charge in [0.1, 0.15) is 11.5 Å². The highest BCUT2D eigenvalue weighted by Crippen LogP contribution is 2.44. The van der Waals surface area contributed by atoms with E-state index in [1.54, 1.807) is 0 Å². The van der Waals surface area contributed by atoms with Crippen molar-refractivity contribution < 1.29 is 4.74 Å². The minimum atomic E-state index is -2.70. The van der Waals surface area contributed by atoms with Crippen molar-refractivity contribution in [3.63, 3.8) is 0 Å². The molecule has 0 radical (unpaired) electrons. The number of rotatable bonds is 4. The van der Waals surface area contributed by atoms with E-state index in [0.717, 1.165) is 11.5 Å². The lowest BCUT2D eigenvalue weighted by Crippen LogP contribution is -2.73. The lowest BCUT2D eigenvalue weighted by molar-refractivity contribution is 0.486. The van der Waals surface area contributed by atoms with E-state index in [9.17, 15) is 0 Å². The smallest absolute Gasteiger partial charge is 0.256 e. The van der Waals surface area contributed by atoms with E-state index in [2.05, 4.69) is 184 Å². The Morgan fingerprint density at radius 1 is 0.549 bits per heavy atom. The van der Waals surface area contributed by atoms with Crippen LogP contribution in [0.15, 0.2) is 152 Å². The maximum atomic E-state index is 6.93. The van der Waals surface area contributed by atoms with Crippen molar-refractivity contribution in [1.82, 2.24) is 0 Å². The van der Waals surface area contributed by atoms with Crippen LogP contribution < -0.4 is 46.8 Å². The van der Waals surface area contributed by atoms with Crippen molar-refractivity contribution in [2.24, 2.45) is 0 Å². The summed E-state index contributed by atoms with van der Waals surface area (Å²) in [5.74, 6) is 2.35. The molecule has 244 valence electrons. The zero-order chi connectivity index (χ0) is 34.4. The summed E-state index contributed by atoms with van der Waals surface area (Å²) in [6.07, 6.45) is 0. The van der Waals surface area contributed by atoms with Crippen LogP contribution in [-0.4, -0.2) is 14.8 Å². The molecule has 3 aliphatic heterocycles. The largest absolute Gasteiger partial charge is 0.458 e. The van der Waals surface area contributed by atoms with Crippen LogP contribution in [0, 0.1) is 13.8 Å². The summed E-state index contributed by atoms with van der Waals surface area (Å²) >= 11 is 0. The third-order valence-corrected chi connectivity index (χ3v) is 16.4. The lowest BCUT2D eigenvalue weighted by atomic mass is 9.34. The van der Waals surface area contributed by atoms with E-state index >= 15 is 0 Å². The first-order valence-electron chi connectivity index (χ1n) is 18.2.